The van der Waals surface area contributed by atoms with E-state index in [1.54, 1.807) is 11.1 Å². The Bertz CT molecular complexity index is 196. The van der Waals surface area contributed by atoms with Crippen molar-refractivity contribution in [3.63, 3.8) is 0 Å². The fourth-order valence-electron chi connectivity index (χ4n) is 2.13. The molecule has 54 valence electrons. The fraction of sp³-hybridized carbons (Fsp3) is 0.600. The van der Waals surface area contributed by atoms with Gasteiger partial charge < -0.3 is 0 Å². The summed E-state index contributed by atoms with van der Waals surface area (Å²) in [6.07, 6.45) is 10.1. The molecule has 2 bridgehead atoms. The third-order valence-corrected chi connectivity index (χ3v) is 2.62. The molecular weight excluding hydrogens is 120 g/mol. The molecule has 1 saturated carbocycles. The van der Waals surface area contributed by atoms with Gasteiger partial charge in [-0.3, -0.25) is 0 Å². The van der Waals surface area contributed by atoms with Gasteiger partial charge in [0.2, 0.25) is 0 Å². The van der Waals surface area contributed by atoms with Crippen LogP contribution in [0.2, 0.25) is 0 Å². The smallest absolute Gasteiger partial charge is 0.0105 e. The fourth-order valence-corrected chi connectivity index (χ4v) is 2.13. The van der Waals surface area contributed by atoms with E-state index in [9.17, 15) is 0 Å². The summed E-state index contributed by atoms with van der Waals surface area (Å²) in [6, 6.07) is 0. The molecule has 0 saturated heterocycles. The van der Waals surface area contributed by atoms with E-state index in [0.29, 0.717) is 0 Å². The summed E-state index contributed by atoms with van der Waals surface area (Å²) in [5.41, 5.74) is 3.42. The molecule has 2 aliphatic rings. The summed E-state index contributed by atoms with van der Waals surface area (Å²) in [4.78, 5) is 0. The predicted octanol–water partition coefficient (Wildman–Crippen LogP) is 3.06. The van der Waals surface area contributed by atoms with Crippen molar-refractivity contribution in [3.8, 4) is 0 Å². The van der Waals surface area contributed by atoms with Gasteiger partial charge in [-0.25, -0.2) is 0 Å². The Kier molecular flexibility index (Phi) is 1.40. The van der Waals surface area contributed by atoms with Gasteiger partial charge in [0.05, 0.1) is 0 Å². The van der Waals surface area contributed by atoms with Gasteiger partial charge in [-0.15, -0.1) is 0 Å². The van der Waals surface area contributed by atoms with Crippen molar-refractivity contribution in [2.24, 2.45) is 5.92 Å². The van der Waals surface area contributed by atoms with E-state index in [0.717, 1.165) is 5.92 Å². The molecular formula is C10H14. The number of hydrogen-bond donors (Lipinski definition) is 0. The second-order valence-corrected chi connectivity index (χ2v) is 3.36. The van der Waals surface area contributed by atoms with Crippen molar-refractivity contribution in [2.75, 3.05) is 0 Å². The van der Waals surface area contributed by atoms with Crippen molar-refractivity contribution < 1.29 is 0 Å². The van der Waals surface area contributed by atoms with Gasteiger partial charge in [0.15, 0.2) is 0 Å². The van der Waals surface area contributed by atoms with Crippen LogP contribution in [0.4, 0.5) is 0 Å². The SMILES string of the molecule is CC/C=C1/CC2=CCC1C2. The van der Waals surface area contributed by atoms with E-state index in [4.69, 9.17) is 0 Å². The molecule has 0 nitrogen and oxygen atoms in total. The van der Waals surface area contributed by atoms with Crippen LogP contribution in [0.5, 0.6) is 0 Å². The van der Waals surface area contributed by atoms with Gasteiger partial charge in [-0.1, -0.05) is 30.2 Å². The van der Waals surface area contributed by atoms with Gasteiger partial charge >= 0.3 is 0 Å². The summed E-state index contributed by atoms with van der Waals surface area (Å²) in [5.74, 6) is 0.926. The van der Waals surface area contributed by atoms with Crippen molar-refractivity contribution in [1.82, 2.24) is 0 Å². The second kappa shape index (κ2) is 2.26. The maximum atomic E-state index is 2.43. The minimum absolute atomic E-state index is 0.926. The first-order valence-electron chi connectivity index (χ1n) is 4.27. The molecule has 0 heteroatoms. The molecule has 0 heterocycles. The molecule has 1 atom stereocenters. The molecule has 0 aromatic heterocycles. The molecule has 1 fully saturated rings. The molecule has 0 aromatic rings. The van der Waals surface area contributed by atoms with Crippen LogP contribution in [0.25, 0.3) is 0 Å². The summed E-state index contributed by atoms with van der Waals surface area (Å²) in [7, 11) is 0. The van der Waals surface area contributed by atoms with Crippen molar-refractivity contribution in [2.45, 2.75) is 32.6 Å². The zero-order chi connectivity index (χ0) is 6.97. The highest BCUT2D eigenvalue weighted by Crippen LogP contribution is 2.43. The Morgan fingerprint density at radius 2 is 2.60 bits per heavy atom. The van der Waals surface area contributed by atoms with Gasteiger partial charge in [0.1, 0.15) is 0 Å². The molecule has 2 rings (SSSR count). The highest BCUT2D eigenvalue weighted by atomic mass is 14.3. The van der Waals surface area contributed by atoms with E-state index in [2.05, 4.69) is 19.1 Å². The maximum absolute atomic E-state index is 2.43. The monoisotopic (exact) mass is 134 g/mol. The standard InChI is InChI=1S/C10H14/c1-2-3-9-6-8-4-5-10(9)7-8/h3-4,10H,2,5-7H2,1H3/b9-3-. The van der Waals surface area contributed by atoms with Crippen LogP contribution < -0.4 is 0 Å². The van der Waals surface area contributed by atoms with Gasteiger partial charge in [-0.05, 0) is 31.6 Å². The van der Waals surface area contributed by atoms with Crippen LogP contribution >= 0.6 is 0 Å². The highest BCUT2D eigenvalue weighted by Gasteiger charge is 2.27. The average Bonchev–Trinajstić information content (AvgIpc) is 2.48. The van der Waals surface area contributed by atoms with E-state index in [1.165, 1.54) is 25.7 Å². The normalized spacial score (nSPS) is 33.5. The molecule has 1 unspecified atom stereocenters. The Labute approximate surface area is 62.6 Å². The molecule has 0 amide bonds. The minimum Gasteiger partial charge on any atom is -0.0850 e. The quantitative estimate of drug-likeness (QED) is 0.483. The topological polar surface area (TPSA) is 0 Å². The molecule has 0 spiro atoms. The lowest BCUT2D eigenvalue weighted by Gasteiger charge is -2.07. The van der Waals surface area contributed by atoms with Crippen LogP contribution in [0.3, 0.4) is 0 Å². The van der Waals surface area contributed by atoms with Crippen LogP contribution in [0.1, 0.15) is 32.6 Å². The van der Waals surface area contributed by atoms with Gasteiger partial charge in [0.25, 0.3) is 0 Å². The molecule has 0 aromatic carbocycles. The highest BCUT2D eigenvalue weighted by molar-refractivity contribution is 5.32. The van der Waals surface area contributed by atoms with Crippen LogP contribution in [-0.2, 0) is 0 Å². The first-order chi connectivity index (χ1) is 4.90. The Morgan fingerprint density at radius 3 is 3.10 bits per heavy atom. The van der Waals surface area contributed by atoms with Crippen molar-refractivity contribution in [3.05, 3.63) is 23.3 Å². The lowest BCUT2D eigenvalue weighted by Crippen LogP contribution is -1.93. The Hall–Kier alpha value is -0.520. The molecule has 2 aliphatic carbocycles. The summed E-state index contributed by atoms with van der Waals surface area (Å²) in [5, 5.41) is 0. The minimum atomic E-state index is 0.926. The number of rotatable bonds is 1. The summed E-state index contributed by atoms with van der Waals surface area (Å²) < 4.78 is 0. The number of hydrogen-bond acceptors (Lipinski definition) is 0. The lowest BCUT2D eigenvalue weighted by atomic mass is 9.98. The van der Waals surface area contributed by atoms with Crippen molar-refractivity contribution in [1.29, 1.82) is 0 Å². The maximum Gasteiger partial charge on any atom is -0.0105 e. The van der Waals surface area contributed by atoms with E-state index in [1.807, 2.05) is 0 Å². The first-order valence-corrected chi connectivity index (χ1v) is 4.27. The van der Waals surface area contributed by atoms with E-state index < -0.39 is 0 Å². The summed E-state index contributed by atoms with van der Waals surface area (Å²) >= 11 is 0. The molecule has 10 heavy (non-hydrogen) atoms. The Morgan fingerprint density at radius 1 is 1.70 bits per heavy atom. The zero-order valence-electron chi connectivity index (χ0n) is 6.56. The van der Waals surface area contributed by atoms with E-state index >= 15 is 0 Å². The van der Waals surface area contributed by atoms with E-state index in [-0.39, 0.29) is 0 Å². The van der Waals surface area contributed by atoms with Crippen LogP contribution in [-0.4, -0.2) is 0 Å². The number of fused-ring (bicyclic) bond motifs is 2. The average molecular weight is 134 g/mol. The second-order valence-electron chi connectivity index (χ2n) is 3.36. The van der Waals surface area contributed by atoms with Gasteiger partial charge in [-0.2, -0.15) is 0 Å². The summed E-state index contributed by atoms with van der Waals surface area (Å²) in [6.45, 7) is 2.23. The number of allylic oxidation sites excluding steroid dienone is 4. The zero-order valence-corrected chi connectivity index (χ0v) is 6.56. The Balaban J connectivity index is 2.17. The molecule has 0 radical (unpaired) electrons. The third kappa shape index (κ3) is 0.828. The first kappa shape index (κ1) is 6.21. The lowest BCUT2D eigenvalue weighted by molar-refractivity contribution is 0.693. The van der Waals surface area contributed by atoms with Crippen LogP contribution in [0, 0.1) is 5.92 Å². The largest absolute Gasteiger partial charge is 0.0850 e. The predicted molar refractivity (Wildman–Crippen MR) is 43.8 cm³/mol. The van der Waals surface area contributed by atoms with Crippen molar-refractivity contribution >= 4 is 0 Å². The van der Waals surface area contributed by atoms with Gasteiger partial charge in [0, 0.05) is 0 Å². The van der Waals surface area contributed by atoms with Crippen LogP contribution in [0.15, 0.2) is 23.3 Å². The molecule has 0 N–H and O–H groups in total. The third-order valence-electron chi connectivity index (χ3n) is 2.62. The molecule has 0 aliphatic heterocycles.